The number of hydrogen-bond acceptors (Lipinski definition) is 3. The highest BCUT2D eigenvalue weighted by atomic mass is 16.2. The standard InChI is InChI=1S/C19H27N3O2/c1-2-20-12-14-22(15-13-20)19(24)17-8-6-16(7-9-17)18(23)21-10-4-3-5-11-21/h6-9H,2-5,10-15H2,1H3. The molecule has 0 spiro atoms. The van der Waals surface area contributed by atoms with E-state index < -0.39 is 0 Å². The van der Waals surface area contributed by atoms with Gasteiger partial charge in [-0.15, -0.1) is 0 Å². The minimum absolute atomic E-state index is 0.0720. The molecule has 3 rings (SSSR count). The van der Waals surface area contributed by atoms with Crippen LogP contribution in [0.15, 0.2) is 24.3 Å². The molecule has 0 radical (unpaired) electrons. The van der Waals surface area contributed by atoms with E-state index in [1.165, 1.54) is 6.42 Å². The molecule has 2 fully saturated rings. The number of piperidine rings is 1. The molecule has 1 aromatic rings. The zero-order valence-corrected chi connectivity index (χ0v) is 14.5. The van der Waals surface area contributed by atoms with Gasteiger partial charge in [0.25, 0.3) is 11.8 Å². The molecule has 24 heavy (non-hydrogen) atoms. The number of likely N-dealkylation sites (N-methyl/N-ethyl adjacent to an activating group) is 1. The summed E-state index contributed by atoms with van der Waals surface area (Å²) in [4.78, 5) is 31.2. The van der Waals surface area contributed by atoms with Crippen LogP contribution in [0, 0.1) is 0 Å². The molecule has 0 aliphatic carbocycles. The summed E-state index contributed by atoms with van der Waals surface area (Å²) in [5.41, 5.74) is 1.36. The second-order valence-electron chi connectivity index (χ2n) is 6.66. The van der Waals surface area contributed by atoms with E-state index in [9.17, 15) is 9.59 Å². The Balaban J connectivity index is 1.61. The largest absolute Gasteiger partial charge is 0.339 e. The zero-order valence-electron chi connectivity index (χ0n) is 14.5. The van der Waals surface area contributed by atoms with Crippen LogP contribution >= 0.6 is 0 Å². The Morgan fingerprint density at radius 1 is 0.750 bits per heavy atom. The number of benzene rings is 1. The third-order valence-electron chi connectivity index (χ3n) is 5.13. The number of carbonyl (C=O) groups excluding carboxylic acids is 2. The highest BCUT2D eigenvalue weighted by Crippen LogP contribution is 2.15. The lowest BCUT2D eigenvalue weighted by Crippen LogP contribution is -2.48. The number of amides is 2. The van der Waals surface area contributed by atoms with E-state index in [2.05, 4.69) is 11.8 Å². The van der Waals surface area contributed by atoms with Crippen molar-refractivity contribution in [3.05, 3.63) is 35.4 Å². The normalized spacial score (nSPS) is 19.4. The smallest absolute Gasteiger partial charge is 0.253 e. The lowest BCUT2D eigenvalue weighted by molar-refractivity contribution is 0.0642. The minimum Gasteiger partial charge on any atom is -0.339 e. The highest BCUT2D eigenvalue weighted by Gasteiger charge is 2.22. The first-order chi connectivity index (χ1) is 11.7. The average Bonchev–Trinajstić information content (AvgIpc) is 2.68. The molecule has 5 nitrogen and oxygen atoms in total. The number of likely N-dealkylation sites (tertiary alicyclic amines) is 1. The van der Waals surface area contributed by atoms with Crippen LogP contribution in [0.2, 0.25) is 0 Å². The molecule has 2 aliphatic rings. The van der Waals surface area contributed by atoms with Gasteiger partial charge in [0.05, 0.1) is 0 Å². The summed E-state index contributed by atoms with van der Waals surface area (Å²) in [5, 5.41) is 0. The first-order valence-electron chi connectivity index (χ1n) is 9.10. The number of nitrogens with zero attached hydrogens (tertiary/aromatic N) is 3. The Bertz CT molecular complexity index is 571. The van der Waals surface area contributed by atoms with Gasteiger partial charge in [-0.05, 0) is 50.1 Å². The monoisotopic (exact) mass is 329 g/mol. The first-order valence-corrected chi connectivity index (χ1v) is 9.10. The topological polar surface area (TPSA) is 43.9 Å². The van der Waals surface area contributed by atoms with Gasteiger partial charge in [0.15, 0.2) is 0 Å². The molecule has 0 bridgehead atoms. The Labute approximate surface area is 144 Å². The van der Waals surface area contributed by atoms with Crippen molar-refractivity contribution in [1.29, 1.82) is 0 Å². The Morgan fingerprint density at radius 2 is 1.21 bits per heavy atom. The molecule has 0 N–H and O–H groups in total. The Morgan fingerprint density at radius 3 is 1.67 bits per heavy atom. The van der Waals surface area contributed by atoms with Crippen molar-refractivity contribution in [3.63, 3.8) is 0 Å². The molecule has 2 aliphatic heterocycles. The zero-order chi connectivity index (χ0) is 16.9. The first kappa shape index (κ1) is 17.0. The van der Waals surface area contributed by atoms with Crippen LogP contribution in [0.3, 0.4) is 0 Å². The summed E-state index contributed by atoms with van der Waals surface area (Å²) in [7, 11) is 0. The summed E-state index contributed by atoms with van der Waals surface area (Å²) in [5.74, 6) is 0.160. The van der Waals surface area contributed by atoms with Crippen LogP contribution in [-0.4, -0.2) is 72.3 Å². The van der Waals surface area contributed by atoms with E-state index in [4.69, 9.17) is 0 Å². The molecular formula is C19H27N3O2. The van der Waals surface area contributed by atoms with Crippen molar-refractivity contribution in [2.75, 3.05) is 45.8 Å². The van der Waals surface area contributed by atoms with Gasteiger partial charge in [-0.2, -0.15) is 0 Å². The molecular weight excluding hydrogens is 302 g/mol. The number of piperazine rings is 1. The lowest BCUT2D eigenvalue weighted by Gasteiger charge is -2.34. The maximum absolute atomic E-state index is 12.6. The molecule has 0 saturated carbocycles. The van der Waals surface area contributed by atoms with E-state index in [0.29, 0.717) is 11.1 Å². The summed E-state index contributed by atoms with van der Waals surface area (Å²) >= 11 is 0. The summed E-state index contributed by atoms with van der Waals surface area (Å²) in [6.07, 6.45) is 3.39. The molecule has 2 heterocycles. The van der Waals surface area contributed by atoms with Gasteiger partial charge in [0, 0.05) is 50.4 Å². The van der Waals surface area contributed by atoms with Gasteiger partial charge < -0.3 is 14.7 Å². The van der Waals surface area contributed by atoms with Crippen molar-refractivity contribution in [1.82, 2.24) is 14.7 Å². The number of carbonyl (C=O) groups is 2. The van der Waals surface area contributed by atoms with Crippen LogP contribution in [0.25, 0.3) is 0 Å². The SMILES string of the molecule is CCN1CCN(C(=O)c2ccc(C(=O)N3CCCCC3)cc2)CC1. The molecule has 2 amide bonds. The van der Waals surface area contributed by atoms with Crippen molar-refractivity contribution < 1.29 is 9.59 Å². The molecule has 1 aromatic carbocycles. The molecule has 5 heteroatoms. The summed E-state index contributed by atoms with van der Waals surface area (Å²) in [6.45, 7) is 8.32. The van der Waals surface area contributed by atoms with E-state index in [1.54, 1.807) is 24.3 Å². The predicted octanol–water partition coefficient (Wildman–Crippen LogP) is 2.09. The molecule has 0 unspecified atom stereocenters. The Kier molecular flexibility index (Phi) is 5.51. The van der Waals surface area contributed by atoms with E-state index >= 15 is 0 Å². The fourth-order valence-corrected chi connectivity index (χ4v) is 3.48. The van der Waals surface area contributed by atoms with E-state index in [1.807, 2.05) is 9.80 Å². The third-order valence-corrected chi connectivity index (χ3v) is 5.13. The third kappa shape index (κ3) is 3.78. The van der Waals surface area contributed by atoms with Crippen molar-refractivity contribution in [2.24, 2.45) is 0 Å². The van der Waals surface area contributed by atoms with Gasteiger partial charge in [-0.25, -0.2) is 0 Å². The summed E-state index contributed by atoms with van der Waals surface area (Å²) < 4.78 is 0. The maximum Gasteiger partial charge on any atom is 0.253 e. The van der Waals surface area contributed by atoms with Crippen LogP contribution in [0.4, 0.5) is 0 Å². The van der Waals surface area contributed by atoms with Crippen molar-refractivity contribution in [2.45, 2.75) is 26.2 Å². The minimum atomic E-state index is 0.0720. The van der Waals surface area contributed by atoms with Crippen molar-refractivity contribution in [3.8, 4) is 0 Å². The Hall–Kier alpha value is -1.88. The van der Waals surface area contributed by atoms with Gasteiger partial charge in [0.2, 0.25) is 0 Å². The molecule has 2 saturated heterocycles. The number of rotatable bonds is 3. The molecule has 0 aromatic heterocycles. The van der Waals surface area contributed by atoms with Gasteiger partial charge in [-0.3, -0.25) is 9.59 Å². The van der Waals surface area contributed by atoms with Crippen LogP contribution in [0.5, 0.6) is 0 Å². The second-order valence-corrected chi connectivity index (χ2v) is 6.66. The molecule has 0 atom stereocenters. The maximum atomic E-state index is 12.6. The van der Waals surface area contributed by atoms with Crippen LogP contribution < -0.4 is 0 Å². The van der Waals surface area contributed by atoms with E-state index in [-0.39, 0.29) is 11.8 Å². The molecule has 130 valence electrons. The van der Waals surface area contributed by atoms with Gasteiger partial charge in [0.1, 0.15) is 0 Å². The average molecular weight is 329 g/mol. The predicted molar refractivity (Wildman–Crippen MR) is 94.2 cm³/mol. The highest BCUT2D eigenvalue weighted by molar-refractivity contribution is 5.97. The van der Waals surface area contributed by atoms with Crippen LogP contribution in [-0.2, 0) is 0 Å². The fourth-order valence-electron chi connectivity index (χ4n) is 3.48. The quantitative estimate of drug-likeness (QED) is 0.853. The lowest BCUT2D eigenvalue weighted by atomic mass is 10.1. The summed E-state index contributed by atoms with van der Waals surface area (Å²) in [6, 6.07) is 7.19. The fraction of sp³-hybridized carbons (Fsp3) is 0.579. The van der Waals surface area contributed by atoms with Crippen molar-refractivity contribution >= 4 is 11.8 Å². The van der Waals surface area contributed by atoms with Crippen LogP contribution in [0.1, 0.15) is 46.9 Å². The van der Waals surface area contributed by atoms with Gasteiger partial charge in [-0.1, -0.05) is 6.92 Å². The van der Waals surface area contributed by atoms with Gasteiger partial charge >= 0.3 is 0 Å². The second kappa shape index (κ2) is 7.79. The van der Waals surface area contributed by atoms with E-state index in [0.717, 1.165) is 58.7 Å². The number of hydrogen-bond donors (Lipinski definition) is 0.